The molecule has 10 heteroatoms. The number of rotatable bonds is 7. The molecule has 12 atom stereocenters. The number of carbonyl (C=O) groups excluding carboxylic acids is 2. The van der Waals surface area contributed by atoms with E-state index < -0.39 is 34.3 Å². The van der Waals surface area contributed by atoms with Crippen LogP contribution in [0.15, 0.2) is 24.3 Å². The molecule has 0 radical (unpaired) electrons. The van der Waals surface area contributed by atoms with Crippen molar-refractivity contribution in [3.63, 3.8) is 0 Å². The second-order valence-electron chi connectivity index (χ2n) is 13.7. The SMILES string of the molecule is CCN1C[C@]2(OC(=O)c3ccccc3NC(C)=O)CC[C@H](OC)[C@@]34[C@H]5C[C@@H]6[C@@H](OC)C[C@](O)([C@@H](C[C@@H]23)[C@@H]14)[C@@]5(O)[C@@H]6OC. The summed E-state index contributed by atoms with van der Waals surface area (Å²) in [5.74, 6) is -1.54. The molecule has 5 aliphatic carbocycles. The summed E-state index contributed by atoms with van der Waals surface area (Å²) in [6.45, 7) is 4.79. The first-order chi connectivity index (χ1) is 20.1. The lowest BCUT2D eigenvalue weighted by Crippen LogP contribution is -2.83. The number of nitrogens with one attached hydrogen (secondary N) is 1. The Hall–Kier alpha value is -2.08. The molecule has 6 fully saturated rings. The van der Waals surface area contributed by atoms with Gasteiger partial charge in [0.2, 0.25) is 5.91 Å². The van der Waals surface area contributed by atoms with Gasteiger partial charge in [0.25, 0.3) is 0 Å². The van der Waals surface area contributed by atoms with Crippen molar-refractivity contribution in [3.8, 4) is 0 Å². The van der Waals surface area contributed by atoms with Gasteiger partial charge in [-0.25, -0.2) is 4.79 Å². The molecule has 230 valence electrons. The molecule has 1 saturated heterocycles. The third kappa shape index (κ3) is 3.21. The van der Waals surface area contributed by atoms with Crippen LogP contribution in [0.2, 0.25) is 0 Å². The number of para-hydroxylation sites is 1. The van der Waals surface area contributed by atoms with E-state index in [0.29, 0.717) is 56.4 Å². The summed E-state index contributed by atoms with van der Waals surface area (Å²) in [5, 5.41) is 28.4. The van der Waals surface area contributed by atoms with Crippen LogP contribution in [0.1, 0.15) is 56.3 Å². The summed E-state index contributed by atoms with van der Waals surface area (Å²) < 4.78 is 25.1. The van der Waals surface area contributed by atoms with Gasteiger partial charge in [0, 0.05) is 76.3 Å². The molecule has 1 amide bonds. The van der Waals surface area contributed by atoms with E-state index in [1.54, 1.807) is 45.6 Å². The van der Waals surface area contributed by atoms with Gasteiger partial charge in [-0.15, -0.1) is 0 Å². The third-order valence-electron chi connectivity index (χ3n) is 12.6. The molecule has 1 aliphatic heterocycles. The fourth-order valence-electron chi connectivity index (χ4n) is 11.6. The summed E-state index contributed by atoms with van der Waals surface area (Å²) >= 11 is 0. The number of fused-ring (bicyclic) bond motifs is 2. The first-order valence-electron chi connectivity index (χ1n) is 15.4. The minimum Gasteiger partial charge on any atom is -0.454 e. The van der Waals surface area contributed by atoms with Gasteiger partial charge >= 0.3 is 5.97 Å². The first-order valence-corrected chi connectivity index (χ1v) is 15.4. The van der Waals surface area contributed by atoms with Crippen molar-refractivity contribution >= 4 is 17.6 Å². The molecule has 7 bridgehead atoms. The Morgan fingerprint density at radius 3 is 2.50 bits per heavy atom. The van der Waals surface area contributed by atoms with Crippen LogP contribution in [0.3, 0.4) is 0 Å². The quantitative estimate of drug-likeness (QED) is 0.414. The number of methoxy groups -OCH3 is 3. The van der Waals surface area contributed by atoms with E-state index in [9.17, 15) is 19.8 Å². The maximum Gasteiger partial charge on any atom is 0.340 e. The fraction of sp³-hybridized carbons (Fsp3) is 0.750. The number of carbonyl (C=O) groups is 2. The Balaban J connectivity index is 1.38. The van der Waals surface area contributed by atoms with Crippen molar-refractivity contribution < 1.29 is 38.7 Å². The van der Waals surface area contributed by atoms with Crippen molar-refractivity contribution in [2.45, 2.75) is 87.1 Å². The molecule has 10 nitrogen and oxygen atoms in total. The van der Waals surface area contributed by atoms with Gasteiger partial charge in [0.05, 0.1) is 29.6 Å². The maximum atomic E-state index is 14.0. The molecule has 7 rings (SSSR count). The van der Waals surface area contributed by atoms with Crippen LogP contribution in [0.25, 0.3) is 0 Å². The highest BCUT2D eigenvalue weighted by Gasteiger charge is 2.89. The van der Waals surface area contributed by atoms with Crippen molar-refractivity contribution in [3.05, 3.63) is 29.8 Å². The Kier molecular flexibility index (Phi) is 6.46. The number of anilines is 1. The maximum absolute atomic E-state index is 14.0. The highest BCUT2D eigenvalue weighted by Crippen LogP contribution is 2.79. The summed E-state index contributed by atoms with van der Waals surface area (Å²) in [6, 6.07) is 6.89. The lowest BCUT2D eigenvalue weighted by Gasteiger charge is -2.70. The van der Waals surface area contributed by atoms with Gasteiger partial charge in [-0.3, -0.25) is 9.69 Å². The lowest BCUT2D eigenvalue weighted by atomic mass is 9.44. The topological polar surface area (TPSA) is 127 Å². The lowest BCUT2D eigenvalue weighted by molar-refractivity contribution is -0.337. The smallest absolute Gasteiger partial charge is 0.340 e. The first kappa shape index (κ1) is 28.7. The van der Waals surface area contributed by atoms with E-state index in [1.165, 1.54) is 6.92 Å². The van der Waals surface area contributed by atoms with Crippen LogP contribution in [-0.4, -0.2) is 103 Å². The number of hydrogen-bond acceptors (Lipinski definition) is 9. The summed E-state index contributed by atoms with van der Waals surface area (Å²) in [4.78, 5) is 28.3. The Bertz CT molecular complexity index is 1290. The molecule has 1 heterocycles. The number of esters is 1. The van der Waals surface area contributed by atoms with Gasteiger partial charge in [0.1, 0.15) is 16.8 Å². The minimum atomic E-state index is -1.48. The molecule has 6 aliphatic rings. The summed E-state index contributed by atoms with van der Waals surface area (Å²) in [5.41, 5.74) is -3.57. The highest BCUT2D eigenvalue weighted by atomic mass is 16.6. The average Bonchev–Trinajstić information content (AvgIpc) is 3.39. The second-order valence-corrected chi connectivity index (χ2v) is 13.7. The molecule has 0 aromatic heterocycles. The molecule has 1 spiro atoms. The van der Waals surface area contributed by atoms with Crippen LogP contribution < -0.4 is 5.32 Å². The second kappa shape index (κ2) is 9.46. The number of ether oxygens (including phenoxy) is 4. The van der Waals surface area contributed by atoms with Crippen LogP contribution >= 0.6 is 0 Å². The standard InChI is InChI=1S/C32H44N2O8/c1-6-34-16-29(42-28(36)18-9-7-8-10-21(18)33-17(2)35)12-11-25(40-4)31-23(29)14-20(26(31)34)30(37)15-22(39-3)19-13-24(31)32(30,38)27(19)41-5/h7-10,19-20,22-27,37-38H,6,11-16H2,1-5H3,(H,33,35)/t19-,20+,22+,23+,24-,25+,26-,27-,29-,30+,31+,32+/m1/s1. The number of aliphatic hydroxyl groups is 2. The van der Waals surface area contributed by atoms with Crippen molar-refractivity contribution in [1.82, 2.24) is 4.90 Å². The zero-order chi connectivity index (χ0) is 29.8. The highest BCUT2D eigenvalue weighted by molar-refractivity contribution is 6.00. The molecule has 1 aromatic rings. The fourth-order valence-corrected chi connectivity index (χ4v) is 11.6. The number of likely N-dealkylation sites (tertiary alicyclic amines) is 1. The van der Waals surface area contributed by atoms with Crippen LogP contribution in [0.4, 0.5) is 5.69 Å². The van der Waals surface area contributed by atoms with Crippen molar-refractivity contribution in [2.24, 2.45) is 29.1 Å². The Morgan fingerprint density at radius 2 is 1.83 bits per heavy atom. The number of nitrogens with zero attached hydrogens (tertiary/aromatic N) is 1. The molecule has 1 aromatic carbocycles. The van der Waals surface area contributed by atoms with Crippen molar-refractivity contribution in [2.75, 3.05) is 39.7 Å². The summed E-state index contributed by atoms with van der Waals surface area (Å²) in [7, 11) is 5.05. The Labute approximate surface area is 247 Å². The number of likely N-dealkylation sites (N-methyl/N-ethyl adjacent to an activating group) is 1. The van der Waals surface area contributed by atoms with E-state index in [2.05, 4.69) is 17.1 Å². The van der Waals surface area contributed by atoms with E-state index in [-0.39, 0.29) is 47.8 Å². The predicted octanol–water partition coefficient (Wildman–Crippen LogP) is 2.22. The van der Waals surface area contributed by atoms with E-state index >= 15 is 0 Å². The minimum absolute atomic E-state index is 0.0432. The molecule has 3 N–H and O–H groups in total. The van der Waals surface area contributed by atoms with E-state index in [1.807, 2.05) is 0 Å². The average molecular weight is 585 g/mol. The van der Waals surface area contributed by atoms with Crippen molar-refractivity contribution in [1.29, 1.82) is 0 Å². The van der Waals surface area contributed by atoms with Crippen LogP contribution in [0.5, 0.6) is 0 Å². The summed E-state index contributed by atoms with van der Waals surface area (Å²) in [6.07, 6.45) is 1.91. The third-order valence-corrected chi connectivity index (χ3v) is 12.6. The normalized spacial score (nSPS) is 48.2. The molecule has 42 heavy (non-hydrogen) atoms. The molecular weight excluding hydrogens is 540 g/mol. The number of amides is 1. The van der Waals surface area contributed by atoms with Crippen LogP contribution in [0, 0.1) is 29.1 Å². The Morgan fingerprint density at radius 1 is 1.07 bits per heavy atom. The van der Waals surface area contributed by atoms with Crippen LogP contribution in [-0.2, 0) is 23.7 Å². The van der Waals surface area contributed by atoms with Gasteiger partial charge in [-0.2, -0.15) is 0 Å². The molecule has 5 saturated carbocycles. The van der Waals surface area contributed by atoms with Gasteiger partial charge in [0.15, 0.2) is 0 Å². The van der Waals surface area contributed by atoms with E-state index in [4.69, 9.17) is 18.9 Å². The number of piperidine rings is 1. The van der Waals surface area contributed by atoms with Gasteiger partial charge in [-0.1, -0.05) is 19.1 Å². The van der Waals surface area contributed by atoms with Gasteiger partial charge < -0.3 is 34.5 Å². The predicted molar refractivity (Wildman–Crippen MR) is 152 cm³/mol. The van der Waals surface area contributed by atoms with E-state index in [0.717, 1.165) is 0 Å². The zero-order valence-electron chi connectivity index (χ0n) is 25.2. The zero-order valence-corrected chi connectivity index (χ0v) is 25.2. The van der Waals surface area contributed by atoms with Gasteiger partial charge in [-0.05, 0) is 44.4 Å². The molecular formula is C32H44N2O8. The largest absolute Gasteiger partial charge is 0.454 e. The number of benzene rings is 1. The molecule has 0 unspecified atom stereocenters. The number of hydrogen-bond donors (Lipinski definition) is 3. The monoisotopic (exact) mass is 584 g/mol.